The molecule has 8 heteroatoms. The number of anilines is 1. The average Bonchev–Trinajstić information content (AvgIpc) is 2.69. The SMILES string of the molecule is CN(C)CC1CC(O)CN1S(=O)(=O)c1ccc(Cl)cc1N. The van der Waals surface area contributed by atoms with Gasteiger partial charge in [-0.25, -0.2) is 8.42 Å². The highest BCUT2D eigenvalue weighted by atomic mass is 35.5. The second kappa shape index (κ2) is 6.10. The van der Waals surface area contributed by atoms with Gasteiger partial charge >= 0.3 is 0 Å². The molecule has 0 radical (unpaired) electrons. The first-order valence-electron chi connectivity index (χ1n) is 6.61. The third-order valence-electron chi connectivity index (χ3n) is 3.48. The molecular formula is C13H20ClN3O3S. The van der Waals surface area contributed by atoms with Gasteiger partial charge < -0.3 is 15.7 Å². The maximum Gasteiger partial charge on any atom is 0.245 e. The van der Waals surface area contributed by atoms with Gasteiger partial charge in [0.05, 0.1) is 11.8 Å². The summed E-state index contributed by atoms with van der Waals surface area (Å²) in [5.41, 5.74) is 5.91. The maximum absolute atomic E-state index is 12.8. The highest BCUT2D eigenvalue weighted by Crippen LogP contribution is 2.30. The Balaban J connectivity index is 2.37. The minimum atomic E-state index is -3.75. The third-order valence-corrected chi connectivity index (χ3v) is 5.70. The van der Waals surface area contributed by atoms with Gasteiger partial charge in [0.25, 0.3) is 0 Å². The summed E-state index contributed by atoms with van der Waals surface area (Å²) in [5.74, 6) is 0. The lowest BCUT2D eigenvalue weighted by atomic mass is 10.2. The standard InChI is InChI=1S/C13H20ClN3O3S/c1-16(2)7-10-6-11(18)8-17(10)21(19,20)13-4-3-9(14)5-12(13)15/h3-5,10-11,18H,6-8,15H2,1-2H3. The van der Waals surface area contributed by atoms with Crippen LogP contribution in [0.5, 0.6) is 0 Å². The van der Waals surface area contributed by atoms with Gasteiger partial charge in [-0.05, 0) is 38.7 Å². The van der Waals surface area contributed by atoms with Crippen molar-refractivity contribution in [2.24, 2.45) is 0 Å². The van der Waals surface area contributed by atoms with Crippen molar-refractivity contribution in [3.63, 3.8) is 0 Å². The van der Waals surface area contributed by atoms with Crippen LogP contribution >= 0.6 is 11.6 Å². The fourth-order valence-electron chi connectivity index (χ4n) is 2.62. The molecule has 1 saturated heterocycles. The monoisotopic (exact) mass is 333 g/mol. The van der Waals surface area contributed by atoms with Crippen LogP contribution in [-0.4, -0.2) is 62.1 Å². The number of rotatable bonds is 4. The van der Waals surface area contributed by atoms with E-state index in [-0.39, 0.29) is 23.2 Å². The Morgan fingerprint density at radius 2 is 2.14 bits per heavy atom. The number of hydrogen-bond acceptors (Lipinski definition) is 5. The number of benzene rings is 1. The van der Waals surface area contributed by atoms with Gasteiger partial charge in [0.15, 0.2) is 0 Å². The molecule has 2 unspecified atom stereocenters. The number of aliphatic hydroxyl groups is 1. The summed E-state index contributed by atoms with van der Waals surface area (Å²) in [5, 5.41) is 10.2. The Morgan fingerprint density at radius 1 is 1.48 bits per heavy atom. The molecule has 21 heavy (non-hydrogen) atoms. The minimum absolute atomic E-state index is 0.0322. The molecule has 1 aliphatic heterocycles. The first-order chi connectivity index (χ1) is 9.71. The predicted octanol–water partition coefficient (Wildman–Crippen LogP) is 0.608. The summed E-state index contributed by atoms with van der Waals surface area (Å²) in [4.78, 5) is 1.93. The van der Waals surface area contributed by atoms with E-state index in [2.05, 4.69) is 0 Å². The zero-order valence-corrected chi connectivity index (χ0v) is 13.6. The summed E-state index contributed by atoms with van der Waals surface area (Å²) in [6.45, 7) is 0.632. The van der Waals surface area contributed by atoms with Gasteiger partial charge in [-0.3, -0.25) is 0 Å². The molecule has 3 N–H and O–H groups in total. The van der Waals surface area contributed by atoms with Gasteiger partial charge in [0.2, 0.25) is 10.0 Å². The highest BCUT2D eigenvalue weighted by molar-refractivity contribution is 7.89. The van der Waals surface area contributed by atoms with Gasteiger partial charge in [-0.1, -0.05) is 11.6 Å². The number of likely N-dealkylation sites (N-methyl/N-ethyl adjacent to an activating group) is 1. The van der Waals surface area contributed by atoms with Gasteiger partial charge in [-0.15, -0.1) is 0 Å². The van der Waals surface area contributed by atoms with E-state index in [1.807, 2.05) is 19.0 Å². The van der Waals surface area contributed by atoms with Gasteiger partial charge in [-0.2, -0.15) is 4.31 Å². The average molecular weight is 334 g/mol. The zero-order valence-electron chi connectivity index (χ0n) is 12.0. The second-order valence-electron chi connectivity index (χ2n) is 5.56. The Morgan fingerprint density at radius 3 is 2.71 bits per heavy atom. The molecule has 1 fully saturated rings. The van der Waals surface area contributed by atoms with Crippen molar-refractivity contribution in [2.45, 2.75) is 23.5 Å². The Kier molecular flexibility index (Phi) is 4.79. The Hall–Kier alpha value is -0.860. The van der Waals surface area contributed by atoms with Crippen LogP contribution in [0.3, 0.4) is 0 Å². The van der Waals surface area contributed by atoms with Crippen molar-refractivity contribution in [1.82, 2.24) is 9.21 Å². The van der Waals surface area contributed by atoms with Crippen molar-refractivity contribution in [3.8, 4) is 0 Å². The van der Waals surface area contributed by atoms with Gasteiger partial charge in [0, 0.05) is 24.2 Å². The van der Waals surface area contributed by atoms with Crippen LogP contribution in [0.25, 0.3) is 0 Å². The van der Waals surface area contributed by atoms with E-state index in [4.69, 9.17) is 17.3 Å². The molecule has 1 aromatic rings. The minimum Gasteiger partial charge on any atom is -0.398 e. The molecule has 0 aliphatic carbocycles. The van der Waals surface area contributed by atoms with E-state index in [9.17, 15) is 13.5 Å². The fraction of sp³-hybridized carbons (Fsp3) is 0.538. The molecule has 118 valence electrons. The van der Waals surface area contributed by atoms with Crippen LogP contribution in [0.15, 0.2) is 23.1 Å². The first kappa shape index (κ1) is 16.5. The van der Waals surface area contributed by atoms with Crippen LogP contribution in [0.1, 0.15) is 6.42 Å². The number of nitrogen functional groups attached to an aromatic ring is 1. The molecule has 6 nitrogen and oxygen atoms in total. The first-order valence-corrected chi connectivity index (χ1v) is 8.43. The number of halogens is 1. The molecule has 2 atom stereocenters. The van der Waals surface area contributed by atoms with Crippen molar-refractivity contribution in [3.05, 3.63) is 23.2 Å². The van der Waals surface area contributed by atoms with Crippen LogP contribution < -0.4 is 5.73 Å². The number of β-amino-alcohol motifs (C(OH)–C–C–N with tert-alkyl or cyclic N) is 1. The van der Waals surface area contributed by atoms with Crippen molar-refractivity contribution >= 4 is 27.3 Å². The number of nitrogens with two attached hydrogens (primary N) is 1. The molecule has 0 amide bonds. The molecule has 0 saturated carbocycles. The van der Waals surface area contributed by atoms with E-state index in [1.54, 1.807) is 0 Å². The number of sulfonamides is 1. The molecule has 0 aromatic heterocycles. The lowest BCUT2D eigenvalue weighted by Crippen LogP contribution is -2.41. The lowest BCUT2D eigenvalue weighted by Gasteiger charge is -2.26. The third kappa shape index (κ3) is 3.49. The van der Waals surface area contributed by atoms with E-state index in [0.29, 0.717) is 18.0 Å². The van der Waals surface area contributed by atoms with Gasteiger partial charge in [0.1, 0.15) is 4.90 Å². The summed E-state index contributed by atoms with van der Waals surface area (Å²) in [6.07, 6.45) is -0.233. The Bertz CT molecular complexity index is 621. The maximum atomic E-state index is 12.8. The van der Waals surface area contributed by atoms with E-state index in [0.717, 1.165) is 0 Å². The number of aliphatic hydroxyl groups excluding tert-OH is 1. The predicted molar refractivity (Wildman–Crippen MR) is 82.7 cm³/mol. The zero-order chi connectivity index (χ0) is 15.8. The quantitative estimate of drug-likeness (QED) is 0.788. The van der Waals surface area contributed by atoms with Crippen LogP contribution in [0, 0.1) is 0 Å². The van der Waals surface area contributed by atoms with E-state index < -0.39 is 16.1 Å². The Labute approximate surface area is 130 Å². The molecule has 0 spiro atoms. The van der Waals surface area contributed by atoms with Crippen LogP contribution in [-0.2, 0) is 10.0 Å². The van der Waals surface area contributed by atoms with E-state index >= 15 is 0 Å². The summed E-state index contributed by atoms with van der Waals surface area (Å²) >= 11 is 5.81. The molecule has 1 aliphatic rings. The number of hydrogen-bond donors (Lipinski definition) is 2. The summed E-state index contributed by atoms with van der Waals surface area (Å²) < 4.78 is 26.9. The highest BCUT2D eigenvalue weighted by Gasteiger charge is 2.40. The van der Waals surface area contributed by atoms with Crippen molar-refractivity contribution < 1.29 is 13.5 Å². The van der Waals surface area contributed by atoms with Crippen LogP contribution in [0.4, 0.5) is 5.69 Å². The molecule has 0 bridgehead atoms. The smallest absolute Gasteiger partial charge is 0.245 e. The topological polar surface area (TPSA) is 86.9 Å². The second-order valence-corrected chi connectivity index (χ2v) is 7.86. The largest absolute Gasteiger partial charge is 0.398 e. The van der Waals surface area contributed by atoms with Crippen LogP contribution in [0.2, 0.25) is 5.02 Å². The number of nitrogens with zero attached hydrogens (tertiary/aromatic N) is 2. The normalized spacial score (nSPS) is 23.9. The lowest BCUT2D eigenvalue weighted by molar-refractivity contribution is 0.188. The molecule has 1 aromatic carbocycles. The fourth-order valence-corrected chi connectivity index (χ4v) is 4.57. The summed E-state index contributed by atoms with van der Waals surface area (Å²) in [7, 11) is -0.0164. The summed E-state index contributed by atoms with van der Waals surface area (Å²) in [6, 6.07) is 4.06. The van der Waals surface area contributed by atoms with Crippen molar-refractivity contribution in [2.75, 3.05) is 32.9 Å². The molecule has 2 rings (SSSR count). The van der Waals surface area contributed by atoms with Crippen molar-refractivity contribution in [1.29, 1.82) is 0 Å². The van der Waals surface area contributed by atoms with E-state index in [1.165, 1.54) is 22.5 Å². The molecule has 1 heterocycles. The molecular weight excluding hydrogens is 314 g/mol.